The number of hydrogen-bond acceptors (Lipinski definition) is 3. The van der Waals surface area contributed by atoms with Gasteiger partial charge < -0.3 is 4.90 Å². The molecule has 4 rings (SSSR count). The van der Waals surface area contributed by atoms with E-state index in [9.17, 15) is 4.79 Å². The van der Waals surface area contributed by atoms with Crippen molar-refractivity contribution in [2.24, 2.45) is 0 Å². The highest BCUT2D eigenvalue weighted by Gasteiger charge is 2.37. The first-order valence-electron chi connectivity index (χ1n) is 9.69. The Balaban J connectivity index is 1.45. The SMILES string of the molecule is Cc1cnccc1-c1cccc(C(=O)N2CC(N3CCCC[C@@H]3C)C2)c1. The summed E-state index contributed by atoms with van der Waals surface area (Å²) in [6, 6.07) is 11.2. The third-order valence-corrected chi connectivity index (χ3v) is 5.91. The van der Waals surface area contributed by atoms with E-state index in [1.807, 2.05) is 35.4 Å². The molecule has 0 saturated carbocycles. The zero-order valence-corrected chi connectivity index (χ0v) is 15.7. The van der Waals surface area contributed by atoms with Gasteiger partial charge in [0.2, 0.25) is 0 Å². The summed E-state index contributed by atoms with van der Waals surface area (Å²) in [6.45, 7) is 7.29. The van der Waals surface area contributed by atoms with Crippen LogP contribution in [0.2, 0.25) is 0 Å². The Bertz CT molecular complexity index is 797. The molecule has 0 radical (unpaired) electrons. The second kappa shape index (κ2) is 7.20. The Morgan fingerprint density at radius 3 is 2.81 bits per heavy atom. The van der Waals surface area contributed by atoms with E-state index in [1.165, 1.54) is 25.8 Å². The fraction of sp³-hybridized carbons (Fsp3) is 0.455. The van der Waals surface area contributed by atoms with Crippen LogP contribution in [0.1, 0.15) is 42.1 Å². The maximum Gasteiger partial charge on any atom is 0.253 e. The summed E-state index contributed by atoms with van der Waals surface area (Å²) in [6.07, 6.45) is 7.59. The molecule has 4 nitrogen and oxygen atoms in total. The normalized spacial score (nSPS) is 21.5. The number of aryl methyl sites for hydroxylation is 1. The first kappa shape index (κ1) is 17.2. The number of hydrogen-bond donors (Lipinski definition) is 0. The molecule has 1 aromatic heterocycles. The third-order valence-electron chi connectivity index (χ3n) is 5.91. The standard InChI is InChI=1S/C22H27N3O/c1-16-13-23-10-9-21(16)18-7-5-8-19(12-18)22(26)24-14-20(15-24)25-11-4-3-6-17(25)2/h5,7-10,12-13,17,20H,3-4,6,11,14-15H2,1-2H3/t17-/m0/s1. The molecule has 0 bridgehead atoms. The lowest BCUT2D eigenvalue weighted by Gasteiger charge is -2.49. The zero-order chi connectivity index (χ0) is 18.1. The largest absolute Gasteiger partial charge is 0.335 e. The summed E-state index contributed by atoms with van der Waals surface area (Å²) in [4.78, 5) is 21.6. The van der Waals surface area contributed by atoms with E-state index in [4.69, 9.17) is 0 Å². The van der Waals surface area contributed by atoms with Crippen LogP contribution < -0.4 is 0 Å². The van der Waals surface area contributed by atoms with Gasteiger partial charge in [0.15, 0.2) is 0 Å². The maximum absolute atomic E-state index is 12.9. The van der Waals surface area contributed by atoms with Crippen LogP contribution >= 0.6 is 0 Å². The third kappa shape index (κ3) is 3.26. The molecule has 136 valence electrons. The van der Waals surface area contributed by atoms with Gasteiger partial charge in [0, 0.05) is 43.1 Å². The molecule has 0 aliphatic carbocycles. The second-order valence-electron chi connectivity index (χ2n) is 7.72. The topological polar surface area (TPSA) is 36.4 Å². The number of amides is 1. The van der Waals surface area contributed by atoms with Gasteiger partial charge >= 0.3 is 0 Å². The van der Waals surface area contributed by atoms with E-state index in [0.29, 0.717) is 12.1 Å². The van der Waals surface area contributed by atoms with Gasteiger partial charge in [0.1, 0.15) is 0 Å². The molecule has 1 atom stereocenters. The number of piperidine rings is 1. The Morgan fingerprint density at radius 2 is 2.04 bits per heavy atom. The Kier molecular flexibility index (Phi) is 4.77. The number of aromatic nitrogens is 1. The molecular weight excluding hydrogens is 322 g/mol. The summed E-state index contributed by atoms with van der Waals surface area (Å²) in [5.74, 6) is 0.152. The summed E-state index contributed by atoms with van der Waals surface area (Å²) in [5, 5.41) is 0. The van der Waals surface area contributed by atoms with E-state index in [1.54, 1.807) is 6.20 Å². The van der Waals surface area contributed by atoms with Gasteiger partial charge in [-0.15, -0.1) is 0 Å². The minimum Gasteiger partial charge on any atom is -0.335 e. The lowest BCUT2D eigenvalue weighted by atomic mass is 9.96. The summed E-state index contributed by atoms with van der Waals surface area (Å²) < 4.78 is 0. The van der Waals surface area contributed by atoms with Gasteiger partial charge in [-0.3, -0.25) is 14.7 Å². The van der Waals surface area contributed by atoms with Crippen LogP contribution in [-0.2, 0) is 0 Å². The summed E-state index contributed by atoms with van der Waals surface area (Å²) in [5.41, 5.74) is 4.12. The predicted molar refractivity (Wildman–Crippen MR) is 104 cm³/mol. The van der Waals surface area contributed by atoms with Crippen LogP contribution in [0, 0.1) is 6.92 Å². The van der Waals surface area contributed by atoms with Crippen molar-refractivity contribution in [2.75, 3.05) is 19.6 Å². The second-order valence-corrected chi connectivity index (χ2v) is 7.72. The fourth-order valence-electron chi connectivity index (χ4n) is 4.29. The van der Waals surface area contributed by atoms with Crippen molar-refractivity contribution in [3.05, 3.63) is 53.9 Å². The molecule has 0 unspecified atom stereocenters. The van der Waals surface area contributed by atoms with Gasteiger partial charge in [0.05, 0.1) is 0 Å². The van der Waals surface area contributed by atoms with Crippen molar-refractivity contribution >= 4 is 5.91 Å². The highest BCUT2D eigenvalue weighted by atomic mass is 16.2. The number of rotatable bonds is 3. The van der Waals surface area contributed by atoms with Crippen LogP contribution in [0.3, 0.4) is 0 Å². The number of carbonyl (C=O) groups excluding carboxylic acids is 1. The lowest BCUT2D eigenvalue weighted by molar-refractivity contribution is 0.00213. The maximum atomic E-state index is 12.9. The molecule has 2 aliphatic heterocycles. The summed E-state index contributed by atoms with van der Waals surface area (Å²) in [7, 11) is 0. The molecule has 0 spiro atoms. The first-order valence-corrected chi connectivity index (χ1v) is 9.69. The Hall–Kier alpha value is -2.20. The van der Waals surface area contributed by atoms with Gasteiger partial charge in [-0.2, -0.15) is 0 Å². The number of pyridine rings is 1. The average Bonchev–Trinajstić information content (AvgIpc) is 2.62. The molecule has 4 heteroatoms. The highest BCUT2D eigenvalue weighted by molar-refractivity contribution is 5.96. The van der Waals surface area contributed by atoms with Crippen LogP contribution in [0.15, 0.2) is 42.7 Å². The van der Waals surface area contributed by atoms with Crippen molar-refractivity contribution < 1.29 is 4.79 Å². The Labute approximate surface area is 155 Å². The van der Waals surface area contributed by atoms with Gasteiger partial charge in [-0.1, -0.05) is 18.6 Å². The van der Waals surface area contributed by atoms with E-state index >= 15 is 0 Å². The van der Waals surface area contributed by atoms with E-state index in [0.717, 1.165) is 35.3 Å². The fourth-order valence-corrected chi connectivity index (χ4v) is 4.29. The van der Waals surface area contributed by atoms with Crippen LogP contribution in [0.5, 0.6) is 0 Å². The van der Waals surface area contributed by atoms with Crippen LogP contribution in [0.25, 0.3) is 11.1 Å². The van der Waals surface area contributed by atoms with Crippen molar-refractivity contribution in [3.63, 3.8) is 0 Å². The molecule has 2 aromatic rings. The predicted octanol–water partition coefficient (Wildman–Crippen LogP) is 3.76. The van der Waals surface area contributed by atoms with Crippen LogP contribution in [0.4, 0.5) is 0 Å². The number of carbonyl (C=O) groups is 1. The van der Waals surface area contributed by atoms with Gasteiger partial charge in [-0.25, -0.2) is 0 Å². The molecule has 3 heterocycles. The van der Waals surface area contributed by atoms with Crippen molar-refractivity contribution in [3.8, 4) is 11.1 Å². The lowest BCUT2D eigenvalue weighted by Crippen LogP contribution is -2.63. The number of likely N-dealkylation sites (tertiary alicyclic amines) is 2. The molecule has 26 heavy (non-hydrogen) atoms. The van der Waals surface area contributed by atoms with Gasteiger partial charge in [-0.05, 0) is 68.1 Å². The zero-order valence-electron chi connectivity index (χ0n) is 15.7. The van der Waals surface area contributed by atoms with E-state index in [2.05, 4.69) is 29.8 Å². The average molecular weight is 349 g/mol. The molecular formula is C22H27N3O. The minimum atomic E-state index is 0.152. The molecule has 1 aromatic carbocycles. The number of nitrogens with zero attached hydrogens (tertiary/aromatic N) is 3. The number of benzene rings is 1. The first-order chi connectivity index (χ1) is 12.6. The minimum absolute atomic E-state index is 0.152. The quantitative estimate of drug-likeness (QED) is 0.847. The molecule has 2 saturated heterocycles. The van der Waals surface area contributed by atoms with E-state index in [-0.39, 0.29) is 5.91 Å². The molecule has 2 aliphatic rings. The van der Waals surface area contributed by atoms with Crippen molar-refractivity contribution in [1.29, 1.82) is 0 Å². The monoisotopic (exact) mass is 349 g/mol. The summed E-state index contributed by atoms with van der Waals surface area (Å²) >= 11 is 0. The molecule has 2 fully saturated rings. The van der Waals surface area contributed by atoms with Crippen LogP contribution in [-0.4, -0.2) is 52.4 Å². The van der Waals surface area contributed by atoms with Gasteiger partial charge in [0.25, 0.3) is 5.91 Å². The van der Waals surface area contributed by atoms with E-state index < -0.39 is 0 Å². The van der Waals surface area contributed by atoms with Crippen molar-refractivity contribution in [2.45, 2.75) is 45.2 Å². The molecule has 0 N–H and O–H groups in total. The van der Waals surface area contributed by atoms with Crippen molar-refractivity contribution in [1.82, 2.24) is 14.8 Å². The highest BCUT2D eigenvalue weighted by Crippen LogP contribution is 2.27. The Morgan fingerprint density at radius 1 is 1.19 bits per heavy atom. The molecule has 1 amide bonds. The smallest absolute Gasteiger partial charge is 0.253 e.